The number of amides is 2. The van der Waals surface area contributed by atoms with Gasteiger partial charge in [-0.3, -0.25) is 9.59 Å². The molecule has 0 bridgehead atoms. The van der Waals surface area contributed by atoms with Gasteiger partial charge in [0.25, 0.3) is 0 Å². The van der Waals surface area contributed by atoms with Crippen molar-refractivity contribution in [2.75, 3.05) is 16.8 Å². The molecule has 2 aromatic rings. The molecule has 4 nitrogen and oxygen atoms in total. The summed E-state index contributed by atoms with van der Waals surface area (Å²) in [5.41, 5.74) is 6.19. The molecule has 1 saturated heterocycles. The van der Waals surface area contributed by atoms with E-state index in [2.05, 4.69) is 47.2 Å². The van der Waals surface area contributed by atoms with Crippen LogP contribution in [0.4, 0.5) is 11.4 Å². The maximum Gasteiger partial charge on any atom is 0.229 e. The van der Waals surface area contributed by atoms with E-state index in [0.717, 1.165) is 50.9 Å². The average Bonchev–Trinajstić information content (AvgIpc) is 3.06. The van der Waals surface area contributed by atoms with Crippen LogP contribution in [0.1, 0.15) is 42.5 Å². The maximum atomic E-state index is 12.9. The van der Waals surface area contributed by atoms with E-state index in [9.17, 15) is 9.59 Å². The fourth-order valence-corrected chi connectivity index (χ4v) is 4.27. The number of hydrogen-bond acceptors (Lipinski definition) is 2. The molecule has 0 aromatic heterocycles. The summed E-state index contributed by atoms with van der Waals surface area (Å²) in [6.45, 7) is 8.59. The van der Waals surface area contributed by atoms with E-state index >= 15 is 0 Å². The standard InChI is InChI=1S/C23H27BrN2O2/c1-5-16-8-7-9-17(6-2)22(16)26-13-18(12-21(26)27)23(28)25-20-11-14(3)19(24)10-15(20)4/h7-11,18H,5-6,12-13H2,1-4H3,(H,25,28)/t18-/m1/s1. The van der Waals surface area contributed by atoms with Gasteiger partial charge >= 0.3 is 0 Å². The number of carbonyl (C=O) groups excluding carboxylic acids is 2. The van der Waals surface area contributed by atoms with Crippen molar-refractivity contribution in [2.45, 2.75) is 47.0 Å². The third kappa shape index (κ3) is 4.00. The predicted molar refractivity (Wildman–Crippen MR) is 118 cm³/mol. The molecule has 0 saturated carbocycles. The van der Waals surface area contributed by atoms with Crippen molar-refractivity contribution in [3.63, 3.8) is 0 Å². The summed E-state index contributed by atoms with van der Waals surface area (Å²) >= 11 is 3.52. The first-order valence-corrected chi connectivity index (χ1v) is 10.6. The highest BCUT2D eigenvalue weighted by Crippen LogP contribution is 2.33. The lowest BCUT2D eigenvalue weighted by Crippen LogP contribution is -2.29. The zero-order valence-corrected chi connectivity index (χ0v) is 18.5. The van der Waals surface area contributed by atoms with Crippen LogP contribution in [0.15, 0.2) is 34.8 Å². The molecule has 1 aliphatic heterocycles. The molecule has 28 heavy (non-hydrogen) atoms. The Labute approximate surface area is 175 Å². The number of para-hydroxylation sites is 1. The van der Waals surface area contributed by atoms with Crippen molar-refractivity contribution < 1.29 is 9.59 Å². The van der Waals surface area contributed by atoms with Gasteiger partial charge in [0, 0.05) is 28.8 Å². The van der Waals surface area contributed by atoms with Crippen molar-refractivity contribution in [1.29, 1.82) is 0 Å². The normalized spacial score (nSPS) is 16.5. The number of halogens is 1. The Bertz CT molecular complexity index is 901. The van der Waals surface area contributed by atoms with Gasteiger partial charge in [-0.2, -0.15) is 0 Å². The molecule has 5 heteroatoms. The minimum Gasteiger partial charge on any atom is -0.326 e. The number of anilines is 2. The Hall–Kier alpha value is -2.14. The van der Waals surface area contributed by atoms with Crippen molar-refractivity contribution in [3.8, 4) is 0 Å². The summed E-state index contributed by atoms with van der Waals surface area (Å²) in [5.74, 6) is -0.405. The number of carbonyl (C=O) groups is 2. The molecular formula is C23H27BrN2O2. The minimum absolute atomic E-state index is 0.0273. The molecule has 2 amide bonds. The quantitative estimate of drug-likeness (QED) is 0.692. The highest BCUT2D eigenvalue weighted by atomic mass is 79.9. The molecule has 1 N–H and O–H groups in total. The van der Waals surface area contributed by atoms with Gasteiger partial charge in [0.05, 0.1) is 5.92 Å². The molecule has 2 aromatic carbocycles. The van der Waals surface area contributed by atoms with E-state index < -0.39 is 0 Å². The maximum absolute atomic E-state index is 12.9. The van der Waals surface area contributed by atoms with Crippen molar-refractivity contribution in [2.24, 2.45) is 5.92 Å². The monoisotopic (exact) mass is 442 g/mol. The van der Waals surface area contributed by atoms with Gasteiger partial charge in [0.2, 0.25) is 11.8 Å². The molecular weight excluding hydrogens is 416 g/mol. The van der Waals surface area contributed by atoms with E-state index in [1.54, 1.807) is 0 Å². The van der Waals surface area contributed by atoms with Crippen LogP contribution >= 0.6 is 15.9 Å². The summed E-state index contributed by atoms with van der Waals surface area (Å²) in [5, 5.41) is 3.03. The first-order chi connectivity index (χ1) is 13.3. The van der Waals surface area contributed by atoms with Crippen molar-refractivity contribution >= 4 is 39.1 Å². The van der Waals surface area contributed by atoms with Crippen LogP contribution in [0.5, 0.6) is 0 Å². The van der Waals surface area contributed by atoms with E-state index in [1.807, 2.05) is 36.9 Å². The molecule has 1 fully saturated rings. The lowest BCUT2D eigenvalue weighted by Gasteiger charge is -2.23. The van der Waals surface area contributed by atoms with Crippen molar-refractivity contribution in [1.82, 2.24) is 0 Å². The van der Waals surface area contributed by atoms with Crippen molar-refractivity contribution in [3.05, 3.63) is 57.1 Å². The SMILES string of the molecule is CCc1cccc(CC)c1N1C[C@H](C(=O)Nc2cc(C)c(Br)cc2C)CC1=O. The molecule has 1 heterocycles. The fourth-order valence-electron chi connectivity index (χ4n) is 3.81. The zero-order valence-electron chi connectivity index (χ0n) is 16.9. The number of hydrogen-bond donors (Lipinski definition) is 1. The third-order valence-electron chi connectivity index (χ3n) is 5.49. The van der Waals surface area contributed by atoms with Crippen LogP contribution < -0.4 is 10.2 Å². The van der Waals surface area contributed by atoms with E-state index in [4.69, 9.17) is 0 Å². The van der Waals surface area contributed by atoms with Gasteiger partial charge in [0.1, 0.15) is 0 Å². The smallest absolute Gasteiger partial charge is 0.229 e. The number of rotatable bonds is 5. The van der Waals surface area contributed by atoms with Crippen LogP contribution in [0.2, 0.25) is 0 Å². The van der Waals surface area contributed by atoms with Crippen LogP contribution in [0, 0.1) is 19.8 Å². The lowest BCUT2D eigenvalue weighted by molar-refractivity contribution is -0.122. The Morgan fingerprint density at radius 3 is 2.39 bits per heavy atom. The van der Waals surface area contributed by atoms with Gasteiger partial charge in [-0.05, 0) is 61.1 Å². The predicted octanol–water partition coefficient (Wildman–Crippen LogP) is 5.18. The van der Waals surface area contributed by atoms with E-state index in [1.165, 1.54) is 0 Å². The van der Waals surface area contributed by atoms with Crippen LogP contribution in [0.3, 0.4) is 0 Å². The molecule has 0 aliphatic carbocycles. The third-order valence-corrected chi connectivity index (χ3v) is 6.35. The van der Waals surface area contributed by atoms with E-state index in [0.29, 0.717) is 6.54 Å². The Kier molecular flexibility index (Phi) is 6.23. The van der Waals surface area contributed by atoms with Crippen LogP contribution in [0.25, 0.3) is 0 Å². The van der Waals surface area contributed by atoms with Crippen LogP contribution in [-0.4, -0.2) is 18.4 Å². The van der Waals surface area contributed by atoms with Gasteiger partial charge in [-0.25, -0.2) is 0 Å². The van der Waals surface area contributed by atoms with E-state index in [-0.39, 0.29) is 24.2 Å². The first kappa shape index (κ1) is 20.6. The van der Waals surface area contributed by atoms with Gasteiger partial charge < -0.3 is 10.2 Å². The minimum atomic E-state index is -0.342. The molecule has 1 aliphatic rings. The zero-order chi connectivity index (χ0) is 20.4. The number of nitrogens with one attached hydrogen (secondary N) is 1. The van der Waals surface area contributed by atoms with Gasteiger partial charge in [0.15, 0.2) is 0 Å². The van der Waals surface area contributed by atoms with Gasteiger partial charge in [-0.15, -0.1) is 0 Å². The molecule has 0 unspecified atom stereocenters. The topological polar surface area (TPSA) is 49.4 Å². The molecule has 1 atom stereocenters. The summed E-state index contributed by atoms with van der Waals surface area (Å²) in [6, 6.07) is 10.2. The Morgan fingerprint density at radius 1 is 1.14 bits per heavy atom. The number of aryl methyl sites for hydroxylation is 4. The second kappa shape index (κ2) is 8.48. The highest BCUT2D eigenvalue weighted by molar-refractivity contribution is 9.10. The summed E-state index contributed by atoms with van der Waals surface area (Å²) in [6.07, 6.45) is 1.98. The summed E-state index contributed by atoms with van der Waals surface area (Å²) in [7, 11) is 0. The Balaban J connectivity index is 1.82. The van der Waals surface area contributed by atoms with Crippen LogP contribution in [-0.2, 0) is 22.4 Å². The second-order valence-electron chi connectivity index (χ2n) is 7.44. The molecule has 0 spiro atoms. The second-order valence-corrected chi connectivity index (χ2v) is 8.30. The molecule has 0 radical (unpaired) electrons. The molecule has 3 rings (SSSR count). The lowest BCUT2D eigenvalue weighted by atomic mass is 10.0. The fraction of sp³-hybridized carbons (Fsp3) is 0.391. The summed E-state index contributed by atoms with van der Waals surface area (Å²) < 4.78 is 1.02. The first-order valence-electron chi connectivity index (χ1n) is 9.84. The molecule has 148 valence electrons. The average molecular weight is 443 g/mol. The summed E-state index contributed by atoms with van der Waals surface area (Å²) in [4.78, 5) is 27.5. The number of benzene rings is 2. The highest BCUT2D eigenvalue weighted by Gasteiger charge is 2.36. The number of nitrogens with zero attached hydrogens (tertiary/aromatic N) is 1. The Morgan fingerprint density at radius 2 is 1.79 bits per heavy atom. The van der Waals surface area contributed by atoms with Gasteiger partial charge in [-0.1, -0.05) is 48.0 Å². The largest absolute Gasteiger partial charge is 0.326 e.